The number of nitrogens with one attached hydrogen (secondary N) is 1. The highest BCUT2D eigenvalue weighted by Gasteiger charge is 2.62. The summed E-state index contributed by atoms with van der Waals surface area (Å²) in [5.74, 6) is -8.96. The van der Waals surface area contributed by atoms with Crippen LogP contribution in [0.15, 0.2) is 35.3 Å². The third kappa shape index (κ3) is 4.83. The number of pyridine rings is 1. The molecule has 3 rings (SSSR count). The predicted octanol–water partition coefficient (Wildman–Crippen LogP) is 6.57. The minimum atomic E-state index is -6.21. The van der Waals surface area contributed by atoms with Crippen molar-refractivity contribution in [2.24, 2.45) is 0 Å². The quantitative estimate of drug-likeness (QED) is 0.401. The number of nitrogens with zero attached hydrogens (tertiary/aromatic N) is 2. The molecule has 14 heteroatoms. The molecule has 0 aliphatic carbocycles. The first-order valence-corrected chi connectivity index (χ1v) is 9.47. The summed E-state index contributed by atoms with van der Waals surface area (Å²) in [5, 5.41) is -0.788. The van der Waals surface area contributed by atoms with Gasteiger partial charge in [-0.1, -0.05) is 11.6 Å². The van der Waals surface area contributed by atoms with Crippen LogP contribution in [0.3, 0.4) is 0 Å². The Labute approximate surface area is 190 Å². The van der Waals surface area contributed by atoms with Gasteiger partial charge in [0.05, 0.1) is 10.6 Å². The second kappa shape index (κ2) is 8.53. The predicted molar refractivity (Wildman–Crippen MR) is 104 cm³/mol. The summed E-state index contributed by atoms with van der Waals surface area (Å²) in [6, 6.07) is 2.97. The zero-order valence-electron chi connectivity index (χ0n) is 17.0. The van der Waals surface area contributed by atoms with Crippen molar-refractivity contribution in [3.8, 4) is 23.0 Å². The van der Waals surface area contributed by atoms with Crippen molar-refractivity contribution in [3.05, 3.63) is 68.2 Å². The van der Waals surface area contributed by atoms with Gasteiger partial charge in [0.2, 0.25) is 5.75 Å². The molecule has 0 fully saturated rings. The molecular formula is C20H12ClF8N3O2. The van der Waals surface area contributed by atoms with Crippen molar-refractivity contribution in [2.75, 3.05) is 0 Å². The van der Waals surface area contributed by atoms with Gasteiger partial charge in [0.15, 0.2) is 11.5 Å². The Balaban J connectivity index is 2.23. The Bertz CT molecular complexity index is 1300. The second-order valence-electron chi connectivity index (χ2n) is 7.06. The number of H-pyrrole nitrogens is 1. The van der Waals surface area contributed by atoms with E-state index in [1.165, 1.54) is 12.3 Å². The average Bonchev–Trinajstić information content (AvgIpc) is 2.70. The molecule has 0 spiro atoms. The number of aromatic nitrogens is 3. The molecule has 3 aromatic rings. The second-order valence-corrected chi connectivity index (χ2v) is 7.47. The lowest BCUT2D eigenvalue weighted by atomic mass is 10.1. The topological polar surface area (TPSA) is 67.9 Å². The maximum atomic E-state index is 14.3. The van der Waals surface area contributed by atoms with Crippen molar-refractivity contribution in [3.63, 3.8) is 0 Å². The molecule has 0 aliphatic rings. The van der Waals surface area contributed by atoms with Crippen LogP contribution in [-0.4, -0.2) is 21.1 Å². The highest BCUT2D eigenvalue weighted by atomic mass is 35.5. The van der Waals surface area contributed by atoms with Gasteiger partial charge in [-0.15, -0.1) is 0 Å². The number of halogens is 9. The van der Waals surface area contributed by atoms with Crippen LogP contribution in [0.4, 0.5) is 35.1 Å². The van der Waals surface area contributed by atoms with Crippen LogP contribution < -0.4 is 10.3 Å². The van der Waals surface area contributed by atoms with Crippen molar-refractivity contribution in [1.29, 1.82) is 0 Å². The van der Waals surface area contributed by atoms with E-state index in [0.717, 1.165) is 6.07 Å². The summed E-state index contributed by atoms with van der Waals surface area (Å²) in [4.78, 5) is 21.6. The fraction of sp³-hybridized carbons (Fsp3) is 0.250. The van der Waals surface area contributed by atoms with E-state index in [1.54, 1.807) is 13.8 Å². The highest BCUT2D eigenvalue weighted by molar-refractivity contribution is 6.31. The first-order valence-electron chi connectivity index (χ1n) is 9.10. The molecule has 2 aromatic heterocycles. The van der Waals surface area contributed by atoms with E-state index >= 15 is 0 Å². The van der Waals surface area contributed by atoms with Crippen molar-refractivity contribution >= 4 is 11.6 Å². The third-order valence-electron chi connectivity index (χ3n) is 4.61. The van der Waals surface area contributed by atoms with Crippen molar-refractivity contribution < 1.29 is 39.9 Å². The van der Waals surface area contributed by atoms with Gasteiger partial charge in [0.1, 0.15) is 11.4 Å². The summed E-state index contributed by atoms with van der Waals surface area (Å²) in [7, 11) is 0. The lowest BCUT2D eigenvalue weighted by Crippen LogP contribution is -2.36. The zero-order chi connectivity index (χ0) is 25.6. The average molecular weight is 514 g/mol. The van der Waals surface area contributed by atoms with Gasteiger partial charge in [-0.05, 0) is 49.2 Å². The maximum absolute atomic E-state index is 14.3. The third-order valence-corrected chi connectivity index (χ3v) is 4.94. The maximum Gasteiger partial charge on any atom is 0.459 e. The number of aromatic amines is 1. The summed E-state index contributed by atoms with van der Waals surface area (Å²) < 4.78 is 112. The normalized spacial score (nSPS) is 12.7. The number of aryl methyl sites for hydroxylation is 2. The minimum absolute atomic E-state index is 0.225. The largest absolute Gasteiger partial charge is 0.459 e. The molecular weight excluding hydrogens is 502 g/mol. The van der Waals surface area contributed by atoms with Crippen LogP contribution >= 0.6 is 11.6 Å². The van der Waals surface area contributed by atoms with Crippen molar-refractivity contribution in [1.82, 2.24) is 15.0 Å². The van der Waals surface area contributed by atoms with Crippen LogP contribution in [-0.2, 0) is 12.1 Å². The molecule has 0 saturated carbocycles. The van der Waals surface area contributed by atoms with E-state index in [0.29, 0.717) is 17.2 Å². The molecule has 1 N–H and O–H groups in total. The molecule has 182 valence electrons. The van der Waals surface area contributed by atoms with Crippen LogP contribution in [0.25, 0.3) is 11.5 Å². The standard InChI is InChI=1S/C20H12ClF8N3O2/c1-8-5-13(30-7-9(8)2)16-31-15(18(22,23)20(27,28)29)14(17(33)32-16)34-10-3-4-12(21)11(6-10)19(24,25)26/h3-7H,1-2H3,(H,31,32,33). The number of rotatable bonds is 4. The summed E-state index contributed by atoms with van der Waals surface area (Å²) in [6.45, 7) is 3.25. The Morgan fingerprint density at radius 1 is 0.971 bits per heavy atom. The first-order chi connectivity index (χ1) is 15.5. The molecule has 34 heavy (non-hydrogen) atoms. The Morgan fingerprint density at radius 3 is 2.18 bits per heavy atom. The highest BCUT2D eigenvalue weighted by Crippen LogP contribution is 2.46. The van der Waals surface area contributed by atoms with Gasteiger partial charge < -0.3 is 9.72 Å². The molecule has 0 saturated heterocycles. The number of ether oxygens (including phenoxy) is 1. The summed E-state index contributed by atoms with van der Waals surface area (Å²) >= 11 is 5.46. The van der Waals surface area contributed by atoms with E-state index in [1.807, 2.05) is 4.98 Å². The number of alkyl halides is 8. The van der Waals surface area contributed by atoms with E-state index in [2.05, 4.69) is 9.97 Å². The van der Waals surface area contributed by atoms with Gasteiger partial charge in [-0.2, -0.15) is 35.1 Å². The molecule has 0 radical (unpaired) electrons. The van der Waals surface area contributed by atoms with E-state index < -0.39 is 57.4 Å². The van der Waals surface area contributed by atoms with Gasteiger partial charge in [-0.25, -0.2) is 4.98 Å². The molecule has 0 atom stereocenters. The van der Waals surface area contributed by atoms with Crippen LogP contribution in [0, 0.1) is 13.8 Å². The van der Waals surface area contributed by atoms with Gasteiger partial charge >= 0.3 is 18.3 Å². The summed E-state index contributed by atoms with van der Waals surface area (Å²) in [6.07, 6.45) is -9.93. The SMILES string of the molecule is Cc1cnc(-c2nc(C(F)(F)C(F)(F)F)c(Oc3ccc(Cl)c(C(F)(F)F)c3)c(=O)[nH]2)cc1C. The fourth-order valence-electron chi connectivity index (χ4n) is 2.68. The molecule has 5 nitrogen and oxygen atoms in total. The van der Waals surface area contributed by atoms with Gasteiger partial charge in [0, 0.05) is 6.20 Å². The fourth-order valence-corrected chi connectivity index (χ4v) is 2.91. The summed E-state index contributed by atoms with van der Waals surface area (Å²) in [5.41, 5.74) is -4.21. The zero-order valence-corrected chi connectivity index (χ0v) is 17.8. The van der Waals surface area contributed by atoms with Crippen LogP contribution in [0.1, 0.15) is 22.4 Å². The van der Waals surface area contributed by atoms with Crippen LogP contribution in [0.5, 0.6) is 11.5 Å². The van der Waals surface area contributed by atoms with Crippen molar-refractivity contribution in [2.45, 2.75) is 32.1 Å². The van der Waals surface area contributed by atoms with Crippen LogP contribution in [0.2, 0.25) is 5.02 Å². The molecule has 1 aromatic carbocycles. The van der Waals surface area contributed by atoms with E-state index in [9.17, 15) is 39.9 Å². The minimum Gasteiger partial charge on any atom is -0.449 e. The lowest BCUT2D eigenvalue weighted by Gasteiger charge is -2.21. The molecule has 0 unspecified atom stereocenters. The van der Waals surface area contributed by atoms with Gasteiger partial charge in [-0.3, -0.25) is 9.78 Å². The molecule has 0 aliphatic heterocycles. The number of benzene rings is 1. The van der Waals surface area contributed by atoms with E-state index in [-0.39, 0.29) is 11.8 Å². The van der Waals surface area contributed by atoms with E-state index in [4.69, 9.17) is 16.3 Å². The number of hydrogen-bond acceptors (Lipinski definition) is 4. The monoisotopic (exact) mass is 513 g/mol. The Kier molecular flexibility index (Phi) is 6.37. The number of hydrogen-bond donors (Lipinski definition) is 1. The lowest BCUT2D eigenvalue weighted by molar-refractivity contribution is -0.291. The smallest absolute Gasteiger partial charge is 0.449 e. The van der Waals surface area contributed by atoms with Gasteiger partial charge in [0.25, 0.3) is 5.56 Å². The molecule has 0 amide bonds. The molecule has 0 bridgehead atoms. The Morgan fingerprint density at radius 2 is 1.62 bits per heavy atom. The first kappa shape index (κ1) is 25.4. The molecule has 2 heterocycles. The Hall–Kier alpha value is -3.22.